The molecule has 0 aliphatic heterocycles. The summed E-state index contributed by atoms with van der Waals surface area (Å²) < 4.78 is 27.8. The molecule has 0 aromatic carbocycles. The fourth-order valence-corrected chi connectivity index (χ4v) is 2.41. The molecule has 0 unspecified atom stereocenters. The SMILES string of the molecule is CCn1cc(S(=O)(=O)Nc2cccnn2)c(N)n1. The van der Waals surface area contributed by atoms with Crippen molar-refractivity contribution >= 4 is 21.7 Å². The largest absolute Gasteiger partial charge is 0.381 e. The topological polar surface area (TPSA) is 116 Å². The third kappa shape index (κ3) is 2.40. The van der Waals surface area contributed by atoms with Crippen molar-refractivity contribution in [2.24, 2.45) is 0 Å². The molecule has 0 saturated carbocycles. The smallest absolute Gasteiger partial charge is 0.268 e. The van der Waals surface area contributed by atoms with Gasteiger partial charge in [-0.15, -0.1) is 5.10 Å². The van der Waals surface area contributed by atoms with Crippen molar-refractivity contribution in [1.82, 2.24) is 20.0 Å². The summed E-state index contributed by atoms with van der Waals surface area (Å²) in [5.41, 5.74) is 5.57. The summed E-state index contributed by atoms with van der Waals surface area (Å²) in [7, 11) is -3.79. The van der Waals surface area contributed by atoms with E-state index in [4.69, 9.17) is 5.73 Å². The van der Waals surface area contributed by atoms with E-state index in [1.807, 2.05) is 6.92 Å². The van der Waals surface area contributed by atoms with E-state index >= 15 is 0 Å². The van der Waals surface area contributed by atoms with Gasteiger partial charge in [0.05, 0.1) is 0 Å². The highest BCUT2D eigenvalue weighted by molar-refractivity contribution is 7.92. The number of nitrogens with one attached hydrogen (secondary N) is 1. The summed E-state index contributed by atoms with van der Waals surface area (Å²) in [4.78, 5) is -0.0741. The van der Waals surface area contributed by atoms with Gasteiger partial charge >= 0.3 is 0 Å². The van der Waals surface area contributed by atoms with Crippen LogP contribution < -0.4 is 10.5 Å². The Morgan fingerprint density at radius 1 is 1.50 bits per heavy atom. The fourth-order valence-electron chi connectivity index (χ4n) is 1.34. The second kappa shape index (κ2) is 4.61. The van der Waals surface area contributed by atoms with Crippen LogP contribution in [0.1, 0.15) is 6.92 Å². The van der Waals surface area contributed by atoms with Crippen LogP contribution in [-0.4, -0.2) is 28.4 Å². The lowest BCUT2D eigenvalue weighted by atomic mass is 10.6. The molecule has 0 amide bonds. The highest BCUT2D eigenvalue weighted by Gasteiger charge is 2.21. The van der Waals surface area contributed by atoms with Crippen LogP contribution in [0.2, 0.25) is 0 Å². The zero-order valence-electron chi connectivity index (χ0n) is 9.61. The molecule has 0 fully saturated rings. The maximum atomic E-state index is 12.0. The highest BCUT2D eigenvalue weighted by Crippen LogP contribution is 2.18. The Kier molecular flexibility index (Phi) is 3.15. The van der Waals surface area contributed by atoms with Crippen molar-refractivity contribution in [3.63, 3.8) is 0 Å². The third-order valence-electron chi connectivity index (χ3n) is 2.18. The predicted octanol–water partition coefficient (Wildman–Crippen LogP) is 0.0760. The number of aryl methyl sites for hydroxylation is 1. The predicted molar refractivity (Wildman–Crippen MR) is 65.2 cm³/mol. The third-order valence-corrected chi connectivity index (χ3v) is 3.55. The molecule has 2 aromatic heterocycles. The molecule has 2 aromatic rings. The number of hydrogen-bond donors (Lipinski definition) is 2. The zero-order chi connectivity index (χ0) is 13.2. The normalized spacial score (nSPS) is 11.4. The van der Waals surface area contributed by atoms with Gasteiger partial charge in [0.25, 0.3) is 10.0 Å². The molecular formula is C9H12N6O2S. The first-order chi connectivity index (χ1) is 8.53. The minimum atomic E-state index is -3.79. The fraction of sp³-hybridized carbons (Fsp3) is 0.222. The van der Waals surface area contributed by atoms with Crippen molar-refractivity contribution in [3.8, 4) is 0 Å². The molecule has 0 spiro atoms. The lowest BCUT2D eigenvalue weighted by Gasteiger charge is -2.04. The molecule has 0 radical (unpaired) electrons. The summed E-state index contributed by atoms with van der Waals surface area (Å²) in [6.45, 7) is 2.36. The molecule has 8 nitrogen and oxygen atoms in total. The van der Waals surface area contributed by atoms with E-state index in [9.17, 15) is 8.42 Å². The first-order valence-corrected chi connectivity index (χ1v) is 6.64. The molecule has 0 aliphatic carbocycles. The molecule has 2 heterocycles. The Balaban J connectivity index is 2.34. The highest BCUT2D eigenvalue weighted by atomic mass is 32.2. The number of nitrogens with zero attached hydrogens (tertiary/aromatic N) is 4. The Bertz CT molecular complexity index is 636. The van der Waals surface area contributed by atoms with Gasteiger partial charge < -0.3 is 5.73 Å². The van der Waals surface area contributed by atoms with E-state index in [1.54, 1.807) is 6.07 Å². The van der Waals surface area contributed by atoms with Crippen LogP contribution in [0.5, 0.6) is 0 Å². The van der Waals surface area contributed by atoms with E-state index in [2.05, 4.69) is 20.0 Å². The van der Waals surface area contributed by atoms with Crippen LogP contribution in [-0.2, 0) is 16.6 Å². The molecule has 0 saturated heterocycles. The second-order valence-electron chi connectivity index (χ2n) is 3.45. The summed E-state index contributed by atoms with van der Waals surface area (Å²) in [6.07, 6.45) is 2.81. The first-order valence-electron chi connectivity index (χ1n) is 5.16. The minimum absolute atomic E-state index is 0.0479. The number of aromatic nitrogens is 4. The Morgan fingerprint density at radius 2 is 2.28 bits per heavy atom. The number of anilines is 2. The molecule has 18 heavy (non-hydrogen) atoms. The Morgan fingerprint density at radius 3 is 2.83 bits per heavy atom. The van der Waals surface area contributed by atoms with Crippen LogP contribution in [0, 0.1) is 0 Å². The van der Waals surface area contributed by atoms with E-state index in [0.717, 1.165) is 0 Å². The van der Waals surface area contributed by atoms with Gasteiger partial charge in [-0.25, -0.2) is 8.42 Å². The molecule has 0 atom stereocenters. The molecule has 96 valence electrons. The Hall–Kier alpha value is -2.16. The van der Waals surface area contributed by atoms with Crippen LogP contribution in [0.3, 0.4) is 0 Å². The van der Waals surface area contributed by atoms with E-state index < -0.39 is 10.0 Å². The molecule has 3 N–H and O–H groups in total. The van der Waals surface area contributed by atoms with Crippen LogP contribution in [0.4, 0.5) is 11.6 Å². The van der Waals surface area contributed by atoms with Gasteiger partial charge in [-0.05, 0) is 19.1 Å². The maximum absolute atomic E-state index is 12.0. The minimum Gasteiger partial charge on any atom is -0.381 e. The van der Waals surface area contributed by atoms with Crippen molar-refractivity contribution in [2.75, 3.05) is 10.5 Å². The van der Waals surface area contributed by atoms with Gasteiger partial charge in [0.15, 0.2) is 11.6 Å². The second-order valence-corrected chi connectivity index (χ2v) is 5.10. The molecule has 2 rings (SSSR count). The number of sulfonamides is 1. The van der Waals surface area contributed by atoms with Gasteiger partial charge in [-0.2, -0.15) is 10.2 Å². The van der Waals surface area contributed by atoms with E-state index in [0.29, 0.717) is 6.54 Å². The van der Waals surface area contributed by atoms with Gasteiger partial charge in [0.2, 0.25) is 0 Å². The van der Waals surface area contributed by atoms with Crippen LogP contribution >= 0.6 is 0 Å². The molecule has 0 aliphatic rings. The average molecular weight is 268 g/mol. The standard InChI is InChI=1S/C9H12N6O2S/c1-2-15-6-7(9(10)13-15)18(16,17)14-8-4-3-5-11-12-8/h3-6H,2H2,1H3,(H2,10,13)(H,12,14). The van der Waals surface area contributed by atoms with Gasteiger partial charge in [0.1, 0.15) is 4.90 Å². The maximum Gasteiger partial charge on any atom is 0.268 e. The monoisotopic (exact) mass is 268 g/mol. The summed E-state index contributed by atoms with van der Waals surface area (Å²) in [6, 6.07) is 3.06. The Labute approximate surface area is 104 Å². The van der Waals surface area contributed by atoms with Gasteiger partial charge in [-0.3, -0.25) is 9.40 Å². The van der Waals surface area contributed by atoms with Crippen molar-refractivity contribution in [3.05, 3.63) is 24.5 Å². The van der Waals surface area contributed by atoms with Crippen LogP contribution in [0.25, 0.3) is 0 Å². The van der Waals surface area contributed by atoms with Crippen molar-refractivity contribution in [1.29, 1.82) is 0 Å². The number of nitrogens with two attached hydrogens (primary N) is 1. The number of nitrogen functional groups attached to an aromatic ring is 1. The zero-order valence-corrected chi connectivity index (χ0v) is 10.4. The summed E-state index contributed by atoms with van der Waals surface area (Å²) >= 11 is 0. The van der Waals surface area contributed by atoms with E-state index in [-0.39, 0.29) is 16.5 Å². The molecular weight excluding hydrogens is 256 g/mol. The number of rotatable bonds is 4. The lowest BCUT2D eigenvalue weighted by molar-refractivity contribution is 0.600. The molecule has 9 heteroatoms. The van der Waals surface area contributed by atoms with Gasteiger partial charge in [0, 0.05) is 18.9 Å². The lowest BCUT2D eigenvalue weighted by Crippen LogP contribution is -2.15. The number of hydrogen-bond acceptors (Lipinski definition) is 6. The van der Waals surface area contributed by atoms with Crippen molar-refractivity contribution in [2.45, 2.75) is 18.4 Å². The van der Waals surface area contributed by atoms with Gasteiger partial charge in [-0.1, -0.05) is 0 Å². The van der Waals surface area contributed by atoms with Crippen LogP contribution in [0.15, 0.2) is 29.4 Å². The summed E-state index contributed by atoms with van der Waals surface area (Å²) in [5, 5.41) is 11.1. The summed E-state index contributed by atoms with van der Waals surface area (Å²) in [5.74, 6) is 0.0781. The average Bonchev–Trinajstić information content (AvgIpc) is 2.72. The first kappa shape index (κ1) is 12.3. The van der Waals surface area contributed by atoms with E-state index in [1.165, 1.54) is 23.1 Å². The molecule has 0 bridgehead atoms. The quantitative estimate of drug-likeness (QED) is 0.811. The van der Waals surface area contributed by atoms with Crippen molar-refractivity contribution < 1.29 is 8.42 Å².